The minimum absolute atomic E-state index is 0.156. The number of hydrogen-bond donors (Lipinski definition) is 0. The Morgan fingerprint density at radius 1 is 1.09 bits per heavy atom. The van der Waals surface area contributed by atoms with Crippen LogP contribution in [0, 0.1) is 0 Å². The van der Waals surface area contributed by atoms with Gasteiger partial charge in [0.05, 0.1) is 4.90 Å². The Bertz CT molecular complexity index is 686. The zero-order valence-corrected chi connectivity index (χ0v) is 14.0. The number of aryl methyl sites for hydroxylation is 2. The minimum Gasteiger partial charge on any atom is -0.298 e. The van der Waals surface area contributed by atoms with Crippen LogP contribution in [-0.2, 0) is 22.9 Å². The average Bonchev–Trinajstić information content (AvgIpc) is 3.02. The van der Waals surface area contributed by atoms with E-state index in [1.165, 1.54) is 11.1 Å². The van der Waals surface area contributed by atoms with Crippen LogP contribution < -0.4 is 0 Å². The molecule has 3 heterocycles. The van der Waals surface area contributed by atoms with Gasteiger partial charge >= 0.3 is 0 Å². The van der Waals surface area contributed by atoms with Gasteiger partial charge in [0.2, 0.25) is 10.0 Å². The monoisotopic (exact) mass is 320 g/mol. The van der Waals surface area contributed by atoms with Crippen LogP contribution in [0.2, 0.25) is 0 Å². The van der Waals surface area contributed by atoms with E-state index in [0.29, 0.717) is 17.5 Å². The largest absolute Gasteiger partial charge is 0.298 e. The lowest BCUT2D eigenvalue weighted by molar-refractivity contribution is 0.0274. The Morgan fingerprint density at radius 3 is 2.59 bits per heavy atom. The van der Waals surface area contributed by atoms with Crippen molar-refractivity contribution in [2.45, 2.75) is 56.0 Å². The molecule has 4 nitrogen and oxygen atoms in total. The molecule has 0 N–H and O–H groups in total. The highest BCUT2D eigenvalue weighted by Crippen LogP contribution is 2.34. The molecule has 0 spiro atoms. The molecule has 1 aromatic rings. The third-order valence-corrected chi connectivity index (χ3v) is 7.59. The van der Waals surface area contributed by atoms with Gasteiger partial charge < -0.3 is 0 Å². The van der Waals surface area contributed by atoms with E-state index in [1.807, 2.05) is 18.2 Å². The van der Waals surface area contributed by atoms with Crippen molar-refractivity contribution in [2.24, 2.45) is 0 Å². The second-order valence-electron chi connectivity index (χ2n) is 6.83. The number of nitrogens with zero attached hydrogens (tertiary/aromatic N) is 2. The number of rotatable bonds is 3. The van der Waals surface area contributed by atoms with E-state index in [0.717, 1.165) is 45.2 Å². The van der Waals surface area contributed by atoms with Crippen molar-refractivity contribution >= 4 is 10.0 Å². The molecule has 1 aliphatic carbocycles. The predicted molar refractivity (Wildman–Crippen MR) is 86.4 cm³/mol. The summed E-state index contributed by atoms with van der Waals surface area (Å²) < 4.78 is 27.9. The van der Waals surface area contributed by atoms with Gasteiger partial charge in [-0.1, -0.05) is 13.0 Å². The average molecular weight is 320 g/mol. The van der Waals surface area contributed by atoms with Gasteiger partial charge in [0, 0.05) is 25.2 Å². The second kappa shape index (κ2) is 5.32. The summed E-state index contributed by atoms with van der Waals surface area (Å²) in [6, 6.07) is 6.33. The zero-order valence-electron chi connectivity index (χ0n) is 13.2. The number of benzene rings is 1. The number of likely N-dealkylation sites (N-methyl/N-ethyl adjacent to an activating group) is 1. The van der Waals surface area contributed by atoms with Crippen molar-refractivity contribution in [3.63, 3.8) is 0 Å². The molecule has 120 valence electrons. The van der Waals surface area contributed by atoms with E-state index in [2.05, 4.69) is 11.8 Å². The fraction of sp³-hybridized carbons (Fsp3) is 0.647. The summed E-state index contributed by atoms with van der Waals surface area (Å²) in [5.74, 6) is 0. The summed E-state index contributed by atoms with van der Waals surface area (Å²) in [7, 11) is -3.34. The fourth-order valence-electron chi connectivity index (χ4n) is 4.40. The molecule has 2 bridgehead atoms. The molecular formula is C17H24N2O2S. The molecule has 3 saturated heterocycles. The molecule has 0 aromatic heterocycles. The van der Waals surface area contributed by atoms with Crippen molar-refractivity contribution in [3.8, 4) is 0 Å². The standard InChI is InChI=1S/C17H24N2O2S/c1-2-18-11-16-8-7-15(18)12-19(16)22(20,21)17-9-6-13-4-3-5-14(13)10-17/h6,9-10,15-16H,2-5,7-8,11-12H2,1H3. The Labute approximate surface area is 133 Å². The third-order valence-electron chi connectivity index (χ3n) is 5.68. The third kappa shape index (κ3) is 2.22. The molecule has 0 amide bonds. The van der Waals surface area contributed by atoms with Crippen LogP contribution in [0.15, 0.2) is 23.1 Å². The Hall–Kier alpha value is -0.910. The van der Waals surface area contributed by atoms with Gasteiger partial charge in [-0.15, -0.1) is 0 Å². The van der Waals surface area contributed by atoms with Crippen molar-refractivity contribution in [3.05, 3.63) is 29.3 Å². The van der Waals surface area contributed by atoms with E-state index < -0.39 is 10.0 Å². The molecule has 5 heteroatoms. The maximum absolute atomic E-state index is 13.1. The predicted octanol–water partition coefficient (Wildman–Crippen LogP) is 2.03. The van der Waals surface area contributed by atoms with Crippen LogP contribution in [0.3, 0.4) is 0 Å². The van der Waals surface area contributed by atoms with Gasteiger partial charge in [-0.05, 0) is 61.9 Å². The summed E-state index contributed by atoms with van der Waals surface area (Å²) in [5, 5.41) is 0. The van der Waals surface area contributed by atoms with Crippen LogP contribution in [0.1, 0.15) is 37.3 Å². The van der Waals surface area contributed by atoms with E-state index in [-0.39, 0.29) is 6.04 Å². The lowest BCUT2D eigenvalue weighted by Crippen LogP contribution is -2.63. The quantitative estimate of drug-likeness (QED) is 0.856. The lowest BCUT2D eigenvalue weighted by Gasteiger charge is -2.50. The van der Waals surface area contributed by atoms with Crippen molar-refractivity contribution in [2.75, 3.05) is 19.6 Å². The molecule has 0 saturated carbocycles. The van der Waals surface area contributed by atoms with Gasteiger partial charge in [-0.2, -0.15) is 4.31 Å². The van der Waals surface area contributed by atoms with Crippen LogP contribution in [-0.4, -0.2) is 49.3 Å². The maximum atomic E-state index is 13.1. The highest BCUT2D eigenvalue weighted by molar-refractivity contribution is 7.89. The first-order chi connectivity index (χ1) is 10.6. The molecule has 1 aromatic carbocycles. The maximum Gasteiger partial charge on any atom is 0.243 e. The molecule has 5 rings (SSSR count). The van der Waals surface area contributed by atoms with Crippen molar-refractivity contribution < 1.29 is 8.42 Å². The molecule has 3 fully saturated rings. The Morgan fingerprint density at radius 2 is 1.86 bits per heavy atom. The smallest absolute Gasteiger partial charge is 0.243 e. The molecule has 22 heavy (non-hydrogen) atoms. The number of hydrogen-bond acceptors (Lipinski definition) is 3. The first-order valence-electron chi connectivity index (χ1n) is 8.47. The van der Waals surface area contributed by atoms with E-state index >= 15 is 0 Å². The highest BCUT2D eigenvalue weighted by Gasteiger charge is 2.44. The lowest BCUT2D eigenvalue weighted by atomic mass is 9.93. The molecule has 2 unspecified atom stereocenters. The van der Waals surface area contributed by atoms with Crippen LogP contribution in [0.25, 0.3) is 0 Å². The van der Waals surface area contributed by atoms with Crippen molar-refractivity contribution in [1.82, 2.24) is 9.21 Å². The van der Waals surface area contributed by atoms with Gasteiger partial charge in [0.25, 0.3) is 0 Å². The zero-order chi connectivity index (χ0) is 15.3. The minimum atomic E-state index is -3.34. The topological polar surface area (TPSA) is 40.6 Å². The summed E-state index contributed by atoms with van der Waals surface area (Å²) in [6.07, 6.45) is 5.41. The fourth-order valence-corrected chi connectivity index (χ4v) is 6.14. The summed E-state index contributed by atoms with van der Waals surface area (Å²) in [4.78, 5) is 2.94. The summed E-state index contributed by atoms with van der Waals surface area (Å²) >= 11 is 0. The Kier molecular flexibility index (Phi) is 3.55. The number of fused-ring (bicyclic) bond motifs is 4. The second-order valence-corrected chi connectivity index (χ2v) is 8.72. The van der Waals surface area contributed by atoms with Crippen LogP contribution in [0.5, 0.6) is 0 Å². The van der Waals surface area contributed by atoms with E-state index in [9.17, 15) is 8.42 Å². The summed E-state index contributed by atoms with van der Waals surface area (Å²) in [5.41, 5.74) is 2.56. The van der Waals surface area contributed by atoms with Gasteiger partial charge in [-0.3, -0.25) is 4.90 Å². The Balaban J connectivity index is 1.64. The van der Waals surface area contributed by atoms with Crippen LogP contribution >= 0.6 is 0 Å². The SMILES string of the molecule is CCN1CC2CCC1CN2S(=O)(=O)c1ccc2c(c1)CCC2. The van der Waals surface area contributed by atoms with E-state index in [1.54, 1.807) is 4.31 Å². The summed E-state index contributed by atoms with van der Waals surface area (Å²) in [6.45, 7) is 4.75. The van der Waals surface area contributed by atoms with Crippen molar-refractivity contribution in [1.29, 1.82) is 0 Å². The van der Waals surface area contributed by atoms with Gasteiger partial charge in [-0.25, -0.2) is 8.42 Å². The first-order valence-corrected chi connectivity index (χ1v) is 9.91. The first kappa shape index (κ1) is 14.7. The van der Waals surface area contributed by atoms with E-state index in [4.69, 9.17) is 0 Å². The van der Waals surface area contributed by atoms with Crippen LogP contribution in [0.4, 0.5) is 0 Å². The molecule has 3 aliphatic heterocycles. The molecular weight excluding hydrogens is 296 g/mol. The number of sulfonamides is 1. The number of piperidine rings is 2. The van der Waals surface area contributed by atoms with Gasteiger partial charge in [0.15, 0.2) is 0 Å². The normalized spacial score (nSPS) is 29.0. The highest BCUT2D eigenvalue weighted by atomic mass is 32.2. The number of piperazine rings is 1. The molecule has 2 atom stereocenters. The molecule has 4 aliphatic rings. The molecule has 0 radical (unpaired) electrons. The van der Waals surface area contributed by atoms with Gasteiger partial charge in [0.1, 0.15) is 0 Å².